The Morgan fingerprint density at radius 3 is 1.50 bits per heavy atom. The summed E-state index contributed by atoms with van der Waals surface area (Å²) in [7, 11) is 0. The normalized spacial score (nSPS) is 11.0. The molecule has 0 atom stereocenters. The smallest absolute Gasteiger partial charge is 0.00489 e. The standard InChI is InChI=1S/C15H35N3/c1-2-12-17-13-9-5-6-10-15-18-14-8-4-3-7-11-16/h17-18H,2-16H2,1H3. The molecule has 0 aromatic carbocycles. The van der Waals surface area contributed by atoms with Gasteiger partial charge in [-0.25, -0.2) is 0 Å². The minimum absolute atomic E-state index is 0.848. The minimum Gasteiger partial charge on any atom is -0.330 e. The molecule has 0 unspecified atom stereocenters. The van der Waals surface area contributed by atoms with Crippen LogP contribution in [-0.4, -0.2) is 32.7 Å². The van der Waals surface area contributed by atoms with E-state index >= 15 is 0 Å². The molecule has 0 aromatic rings. The minimum atomic E-state index is 0.848. The third-order valence-electron chi connectivity index (χ3n) is 3.19. The van der Waals surface area contributed by atoms with Crippen molar-refractivity contribution < 1.29 is 0 Å². The zero-order valence-electron chi connectivity index (χ0n) is 12.5. The quantitative estimate of drug-likeness (QED) is 0.395. The van der Waals surface area contributed by atoms with Gasteiger partial charge in [-0.3, -0.25) is 0 Å². The van der Waals surface area contributed by atoms with Gasteiger partial charge in [-0.15, -0.1) is 0 Å². The van der Waals surface area contributed by atoms with E-state index in [0.29, 0.717) is 0 Å². The summed E-state index contributed by atoms with van der Waals surface area (Å²) in [5, 5.41) is 6.97. The fourth-order valence-corrected chi connectivity index (χ4v) is 2.03. The van der Waals surface area contributed by atoms with Crippen LogP contribution in [-0.2, 0) is 0 Å². The average Bonchev–Trinajstić information content (AvgIpc) is 2.39. The van der Waals surface area contributed by atoms with E-state index in [2.05, 4.69) is 17.6 Å². The topological polar surface area (TPSA) is 50.1 Å². The van der Waals surface area contributed by atoms with Gasteiger partial charge in [-0.2, -0.15) is 0 Å². The highest BCUT2D eigenvalue weighted by Crippen LogP contribution is 1.99. The number of hydrogen-bond acceptors (Lipinski definition) is 3. The van der Waals surface area contributed by atoms with Crippen LogP contribution < -0.4 is 16.4 Å². The van der Waals surface area contributed by atoms with Crippen molar-refractivity contribution in [1.82, 2.24) is 10.6 Å². The molecule has 0 heterocycles. The molecule has 0 bridgehead atoms. The lowest BCUT2D eigenvalue weighted by Gasteiger charge is -2.05. The molecule has 3 nitrogen and oxygen atoms in total. The molecule has 0 saturated carbocycles. The van der Waals surface area contributed by atoms with E-state index < -0.39 is 0 Å². The van der Waals surface area contributed by atoms with Crippen molar-refractivity contribution in [2.45, 2.75) is 64.7 Å². The van der Waals surface area contributed by atoms with E-state index in [4.69, 9.17) is 5.73 Å². The van der Waals surface area contributed by atoms with Crippen molar-refractivity contribution in [2.75, 3.05) is 32.7 Å². The summed E-state index contributed by atoms with van der Waals surface area (Å²) in [6, 6.07) is 0. The van der Waals surface area contributed by atoms with Crippen LogP contribution in [0.15, 0.2) is 0 Å². The molecule has 4 N–H and O–H groups in total. The third-order valence-corrected chi connectivity index (χ3v) is 3.19. The molecule has 0 fully saturated rings. The molecule has 0 aromatic heterocycles. The highest BCUT2D eigenvalue weighted by atomic mass is 14.8. The maximum atomic E-state index is 5.46. The van der Waals surface area contributed by atoms with Crippen molar-refractivity contribution in [3.8, 4) is 0 Å². The molecule has 0 spiro atoms. The summed E-state index contributed by atoms with van der Waals surface area (Å²) in [6.45, 7) is 7.81. The average molecular weight is 257 g/mol. The van der Waals surface area contributed by atoms with Gasteiger partial charge < -0.3 is 16.4 Å². The first-order valence-electron chi connectivity index (χ1n) is 8.03. The highest BCUT2D eigenvalue weighted by Gasteiger charge is 1.92. The van der Waals surface area contributed by atoms with Crippen molar-refractivity contribution in [3.63, 3.8) is 0 Å². The first-order chi connectivity index (χ1) is 8.91. The molecule has 0 rings (SSSR count). The molecule has 0 saturated heterocycles. The number of nitrogens with two attached hydrogens (primary N) is 1. The summed E-state index contributed by atoms with van der Waals surface area (Å²) < 4.78 is 0. The maximum Gasteiger partial charge on any atom is -0.00489 e. The largest absolute Gasteiger partial charge is 0.330 e. The second-order valence-electron chi connectivity index (χ2n) is 5.12. The Morgan fingerprint density at radius 2 is 1.06 bits per heavy atom. The summed E-state index contributed by atoms with van der Waals surface area (Å²) in [5.74, 6) is 0. The Hall–Kier alpha value is -0.120. The predicted octanol–water partition coefficient (Wildman–Crippen LogP) is 2.66. The number of unbranched alkanes of at least 4 members (excludes halogenated alkanes) is 6. The van der Waals surface area contributed by atoms with E-state index in [1.165, 1.54) is 84.0 Å². The molecule has 110 valence electrons. The Morgan fingerprint density at radius 1 is 0.611 bits per heavy atom. The highest BCUT2D eigenvalue weighted by molar-refractivity contribution is 4.52. The number of rotatable bonds is 15. The van der Waals surface area contributed by atoms with Gasteiger partial charge in [0.2, 0.25) is 0 Å². The first kappa shape index (κ1) is 17.9. The Balaban J connectivity index is 2.86. The SMILES string of the molecule is CCCNCCCCCCNCCCCCCN. The lowest BCUT2D eigenvalue weighted by molar-refractivity contribution is 0.545. The van der Waals surface area contributed by atoms with Crippen LogP contribution in [0.4, 0.5) is 0 Å². The summed E-state index contributed by atoms with van der Waals surface area (Å²) in [5.41, 5.74) is 5.46. The van der Waals surface area contributed by atoms with Crippen molar-refractivity contribution in [1.29, 1.82) is 0 Å². The first-order valence-corrected chi connectivity index (χ1v) is 8.03. The zero-order valence-corrected chi connectivity index (χ0v) is 12.5. The second kappa shape index (κ2) is 16.9. The molecule has 0 radical (unpaired) electrons. The van der Waals surface area contributed by atoms with Crippen molar-refractivity contribution >= 4 is 0 Å². The van der Waals surface area contributed by atoms with Gasteiger partial charge in [0, 0.05) is 0 Å². The molecular weight excluding hydrogens is 222 g/mol. The van der Waals surface area contributed by atoms with Gasteiger partial charge >= 0.3 is 0 Å². The van der Waals surface area contributed by atoms with E-state index in [1.54, 1.807) is 0 Å². The van der Waals surface area contributed by atoms with Gasteiger partial charge in [0.15, 0.2) is 0 Å². The Labute approximate surface area is 114 Å². The molecule has 0 aliphatic heterocycles. The van der Waals surface area contributed by atoms with Crippen LogP contribution in [0.25, 0.3) is 0 Å². The number of hydrogen-bond donors (Lipinski definition) is 3. The van der Waals surface area contributed by atoms with Gasteiger partial charge in [-0.05, 0) is 64.8 Å². The van der Waals surface area contributed by atoms with Crippen LogP contribution in [0.2, 0.25) is 0 Å². The summed E-state index contributed by atoms with van der Waals surface area (Å²) >= 11 is 0. The van der Waals surface area contributed by atoms with Crippen LogP contribution in [0.3, 0.4) is 0 Å². The number of nitrogens with one attached hydrogen (secondary N) is 2. The summed E-state index contributed by atoms with van der Waals surface area (Å²) in [6.07, 6.45) is 11.8. The van der Waals surface area contributed by atoms with E-state index in [9.17, 15) is 0 Å². The van der Waals surface area contributed by atoms with E-state index in [0.717, 1.165) is 6.54 Å². The van der Waals surface area contributed by atoms with Gasteiger partial charge in [0.05, 0.1) is 0 Å². The molecule has 18 heavy (non-hydrogen) atoms. The van der Waals surface area contributed by atoms with Crippen molar-refractivity contribution in [3.05, 3.63) is 0 Å². The molecular formula is C15H35N3. The second-order valence-corrected chi connectivity index (χ2v) is 5.12. The van der Waals surface area contributed by atoms with Gasteiger partial charge in [0.25, 0.3) is 0 Å². The van der Waals surface area contributed by atoms with Gasteiger partial charge in [-0.1, -0.05) is 32.6 Å². The van der Waals surface area contributed by atoms with Crippen LogP contribution in [0.1, 0.15) is 64.7 Å². The van der Waals surface area contributed by atoms with Crippen LogP contribution in [0, 0.1) is 0 Å². The molecule has 3 heteroatoms. The lowest BCUT2D eigenvalue weighted by Crippen LogP contribution is -2.17. The maximum absolute atomic E-state index is 5.46. The fourth-order valence-electron chi connectivity index (χ4n) is 2.03. The Bertz CT molecular complexity index is 124. The van der Waals surface area contributed by atoms with E-state index in [1.807, 2.05) is 0 Å². The molecule has 0 amide bonds. The molecule has 0 aliphatic carbocycles. The van der Waals surface area contributed by atoms with Crippen LogP contribution in [0.5, 0.6) is 0 Å². The van der Waals surface area contributed by atoms with Crippen LogP contribution >= 0.6 is 0 Å². The monoisotopic (exact) mass is 257 g/mol. The lowest BCUT2D eigenvalue weighted by atomic mass is 10.2. The molecule has 0 aliphatic rings. The zero-order chi connectivity index (χ0) is 13.3. The fraction of sp³-hybridized carbons (Fsp3) is 1.00. The summed E-state index contributed by atoms with van der Waals surface area (Å²) in [4.78, 5) is 0. The van der Waals surface area contributed by atoms with Crippen molar-refractivity contribution in [2.24, 2.45) is 5.73 Å². The van der Waals surface area contributed by atoms with E-state index in [-0.39, 0.29) is 0 Å². The predicted molar refractivity (Wildman–Crippen MR) is 82.0 cm³/mol. The Kier molecular flexibility index (Phi) is 16.8. The van der Waals surface area contributed by atoms with Gasteiger partial charge in [0.1, 0.15) is 0 Å². The third kappa shape index (κ3) is 15.9.